The molecule has 2 heterocycles. The molecule has 2 aromatic heterocycles. The molecule has 0 bridgehead atoms. The Labute approximate surface area is 111 Å². The maximum absolute atomic E-state index is 10.0. The van der Waals surface area contributed by atoms with E-state index in [-0.39, 0.29) is 18.4 Å². The maximum atomic E-state index is 10.0. The second-order valence-corrected chi connectivity index (χ2v) is 4.47. The van der Waals surface area contributed by atoms with Gasteiger partial charge in [0.25, 0.3) is 0 Å². The Morgan fingerprint density at radius 2 is 2.26 bits per heavy atom. The largest absolute Gasteiger partial charge is 0.506 e. The fraction of sp³-hybridized carbons (Fsp3) is 0.357. The zero-order chi connectivity index (χ0) is 13.8. The highest BCUT2D eigenvalue weighted by molar-refractivity contribution is 5.40. The first-order chi connectivity index (χ1) is 9.13. The number of hydrogen-bond acceptors (Lipinski definition) is 5. The van der Waals surface area contributed by atoms with Gasteiger partial charge in [0.1, 0.15) is 11.5 Å². The van der Waals surface area contributed by atoms with Gasteiger partial charge < -0.3 is 19.9 Å². The molecule has 0 saturated heterocycles. The molecule has 0 unspecified atom stereocenters. The topological polar surface area (TPSA) is 78.5 Å². The van der Waals surface area contributed by atoms with E-state index in [1.165, 1.54) is 0 Å². The van der Waals surface area contributed by atoms with Crippen LogP contribution in [-0.2, 0) is 13.2 Å². The minimum absolute atomic E-state index is 0.0226. The first kappa shape index (κ1) is 13.6. The standard InChI is InChI=1S/C14H18N2O3/c1-9(13-4-3-5-19-13)16-7-12-11(8-17)6-15-10(2)14(12)18/h3-6,9,16-18H,7-8H2,1-2H3/t9-/m0/s1. The minimum atomic E-state index is -0.146. The molecule has 0 aliphatic rings. The number of aryl methyl sites for hydroxylation is 1. The summed E-state index contributed by atoms with van der Waals surface area (Å²) in [4.78, 5) is 4.03. The van der Waals surface area contributed by atoms with Crippen LogP contribution in [0.2, 0.25) is 0 Å². The molecule has 19 heavy (non-hydrogen) atoms. The van der Waals surface area contributed by atoms with Crippen molar-refractivity contribution in [2.75, 3.05) is 0 Å². The molecule has 0 amide bonds. The Balaban J connectivity index is 2.13. The highest BCUT2D eigenvalue weighted by Crippen LogP contribution is 2.24. The molecular weight excluding hydrogens is 244 g/mol. The number of hydrogen-bond donors (Lipinski definition) is 3. The van der Waals surface area contributed by atoms with Crippen LogP contribution in [0.3, 0.4) is 0 Å². The second kappa shape index (κ2) is 5.86. The summed E-state index contributed by atoms with van der Waals surface area (Å²) in [6, 6.07) is 3.75. The number of aromatic hydroxyl groups is 1. The van der Waals surface area contributed by atoms with Gasteiger partial charge in [0, 0.05) is 23.9 Å². The van der Waals surface area contributed by atoms with E-state index in [2.05, 4.69) is 10.3 Å². The Morgan fingerprint density at radius 1 is 1.47 bits per heavy atom. The number of aliphatic hydroxyl groups is 1. The van der Waals surface area contributed by atoms with Crippen molar-refractivity contribution in [2.24, 2.45) is 0 Å². The van der Waals surface area contributed by atoms with E-state index in [0.717, 1.165) is 5.76 Å². The van der Waals surface area contributed by atoms with Gasteiger partial charge >= 0.3 is 0 Å². The summed E-state index contributed by atoms with van der Waals surface area (Å²) in [5, 5.41) is 22.6. The molecule has 0 aliphatic carbocycles. The molecule has 3 N–H and O–H groups in total. The van der Waals surface area contributed by atoms with Crippen molar-refractivity contribution in [3.05, 3.63) is 47.2 Å². The number of furan rings is 1. The lowest BCUT2D eigenvalue weighted by Gasteiger charge is -2.15. The smallest absolute Gasteiger partial charge is 0.141 e. The molecule has 5 heteroatoms. The quantitative estimate of drug-likeness (QED) is 0.768. The molecule has 1 atom stereocenters. The van der Waals surface area contributed by atoms with Gasteiger partial charge in [-0.3, -0.25) is 4.98 Å². The molecular formula is C14H18N2O3. The van der Waals surface area contributed by atoms with Crippen LogP contribution >= 0.6 is 0 Å². The van der Waals surface area contributed by atoms with E-state index in [1.807, 2.05) is 19.1 Å². The average molecular weight is 262 g/mol. The van der Waals surface area contributed by atoms with E-state index >= 15 is 0 Å². The normalized spacial score (nSPS) is 12.6. The number of nitrogens with one attached hydrogen (secondary N) is 1. The number of pyridine rings is 1. The predicted octanol–water partition coefficient (Wildman–Crippen LogP) is 2.03. The van der Waals surface area contributed by atoms with Crippen LogP contribution in [-0.4, -0.2) is 15.2 Å². The average Bonchev–Trinajstić information content (AvgIpc) is 2.94. The van der Waals surface area contributed by atoms with Crippen LogP contribution in [0.4, 0.5) is 0 Å². The molecule has 2 rings (SSSR count). The molecule has 5 nitrogen and oxygen atoms in total. The van der Waals surface area contributed by atoms with E-state index in [1.54, 1.807) is 19.4 Å². The first-order valence-corrected chi connectivity index (χ1v) is 6.17. The van der Waals surface area contributed by atoms with E-state index in [4.69, 9.17) is 4.42 Å². The maximum Gasteiger partial charge on any atom is 0.141 e. The van der Waals surface area contributed by atoms with Gasteiger partial charge in [-0.25, -0.2) is 0 Å². The summed E-state index contributed by atoms with van der Waals surface area (Å²) in [5.41, 5.74) is 1.86. The molecule has 0 spiro atoms. The first-order valence-electron chi connectivity index (χ1n) is 6.17. The van der Waals surface area contributed by atoms with Gasteiger partial charge in [-0.15, -0.1) is 0 Å². The van der Waals surface area contributed by atoms with Crippen LogP contribution in [0.25, 0.3) is 0 Å². The van der Waals surface area contributed by atoms with Crippen molar-refractivity contribution in [1.29, 1.82) is 0 Å². The van der Waals surface area contributed by atoms with Gasteiger partial charge in [-0.05, 0) is 26.0 Å². The molecule has 0 fully saturated rings. The zero-order valence-corrected chi connectivity index (χ0v) is 11.1. The second-order valence-electron chi connectivity index (χ2n) is 4.47. The fourth-order valence-electron chi connectivity index (χ4n) is 1.91. The Hall–Kier alpha value is -1.85. The SMILES string of the molecule is Cc1ncc(CO)c(CN[C@@H](C)c2ccco2)c1O. The van der Waals surface area contributed by atoms with Gasteiger partial charge in [0.05, 0.1) is 24.6 Å². The number of nitrogens with zero attached hydrogens (tertiary/aromatic N) is 1. The third-order valence-electron chi connectivity index (χ3n) is 3.16. The number of aliphatic hydroxyl groups excluding tert-OH is 1. The summed E-state index contributed by atoms with van der Waals surface area (Å²) in [6.45, 7) is 4.00. The van der Waals surface area contributed by atoms with Gasteiger partial charge in [0.2, 0.25) is 0 Å². The third kappa shape index (κ3) is 2.94. The van der Waals surface area contributed by atoms with E-state index < -0.39 is 0 Å². The van der Waals surface area contributed by atoms with Crippen molar-refractivity contribution >= 4 is 0 Å². The van der Waals surface area contributed by atoms with Crippen LogP contribution in [0.1, 0.15) is 35.5 Å². The molecule has 0 radical (unpaired) electrons. The van der Waals surface area contributed by atoms with Crippen LogP contribution < -0.4 is 5.32 Å². The van der Waals surface area contributed by atoms with Crippen molar-refractivity contribution in [2.45, 2.75) is 33.0 Å². The van der Waals surface area contributed by atoms with Crippen molar-refractivity contribution in [1.82, 2.24) is 10.3 Å². The van der Waals surface area contributed by atoms with Crippen LogP contribution in [0, 0.1) is 6.92 Å². The summed E-state index contributed by atoms with van der Waals surface area (Å²) in [7, 11) is 0. The molecule has 102 valence electrons. The fourth-order valence-corrected chi connectivity index (χ4v) is 1.91. The lowest BCUT2D eigenvalue weighted by molar-refractivity contribution is 0.278. The van der Waals surface area contributed by atoms with Crippen LogP contribution in [0.5, 0.6) is 5.75 Å². The van der Waals surface area contributed by atoms with Crippen molar-refractivity contribution in [3.8, 4) is 5.75 Å². The van der Waals surface area contributed by atoms with Crippen molar-refractivity contribution < 1.29 is 14.6 Å². The van der Waals surface area contributed by atoms with E-state index in [9.17, 15) is 10.2 Å². The molecule has 2 aromatic rings. The Bertz CT molecular complexity index is 538. The summed E-state index contributed by atoms with van der Waals surface area (Å²) < 4.78 is 5.31. The number of aromatic nitrogens is 1. The third-order valence-corrected chi connectivity index (χ3v) is 3.16. The summed E-state index contributed by atoms with van der Waals surface area (Å²) in [6.07, 6.45) is 3.21. The Kier molecular flexibility index (Phi) is 4.19. The predicted molar refractivity (Wildman–Crippen MR) is 70.5 cm³/mol. The monoisotopic (exact) mass is 262 g/mol. The lowest BCUT2D eigenvalue weighted by Crippen LogP contribution is -2.19. The molecule has 0 saturated carbocycles. The van der Waals surface area contributed by atoms with E-state index in [0.29, 0.717) is 23.4 Å². The van der Waals surface area contributed by atoms with Crippen LogP contribution in [0.15, 0.2) is 29.0 Å². The zero-order valence-electron chi connectivity index (χ0n) is 11.1. The molecule has 0 aliphatic heterocycles. The minimum Gasteiger partial charge on any atom is -0.506 e. The highest BCUT2D eigenvalue weighted by Gasteiger charge is 2.13. The summed E-state index contributed by atoms with van der Waals surface area (Å²) in [5.74, 6) is 0.960. The van der Waals surface area contributed by atoms with Crippen molar-refractivity contribution in [3.63, 3.8) is 0 Å². The summed E-state index contributed by atoms with van der Waals surface area (Å²) >= 11 is 0. The van der Waals surface area contributed by atoms with Gasteiger partial charge in [-0.1, -0.05) is 0 Å². The highest BCUT2D eigenvalue weighted by atomic mass is 16.3. The number of rotatable bonds is 5. The Morgan fingerprint density at radius 3 is 2.89 bits per heavy atom. The van der Waals surface area contributed by atoms with Gasteiger partial charge in [0.15, 0.2) is 0 Å². The lowest BCUT2D eigenvalue weighted by atomic mass is 10.1. The van der Waals surface area contributed by atoms with Gasteiger partial charge in [-0.2, -0.15) is 0 Å². The molecule has 0 aromatic carbocycles.